The first kappa shape index (κ1) is 13.5. The molecule has 2 heterocycles. The predicted octanol–water partition coefficient (Wildman–Crippen LogP) is 3.66. The number of rotatable bonds is 4. The van der Waals surface area contributed by atoms with Crippen molar-refractivity contribution in [2.45, 2.75) is 33.2 Å². The van der Waals surface area contributed by atoms with Crippen molar-refractivity contribution in [3.8, 4) is 0 Å². The first-order valence-electron chi connectivity index (χ1n) is 7.11. The van der Waals surface area contributed by atoms with Gasteiger partial charge in [-0.15, -0.1) is 0 Å². The third-order valence-corrected chi connectivity index (χ3v) is 3.52. The van der Waals surface area contributed by atoms with E-state index in [2.05, 4.69) is 45.6 Å². The highest BCUT2D eigenvalue weighted by atomic mass is 16.5. The standard InChI is InChI=1S/C16H18N4O/c1-4-12-5-6-14-13(9-12)15(7-8-17-14)18-10(2)16-19-11(3)21-20-16/h5-10H,4H2,1-3H3,(H,17,18). The molecule has 1 unspecified atom stereocenters. The Hall–Kier alpha value is -2.43. The highest BCUT2D eigenvalue weighted by Crippen LogP contribution is 2.26. The van der Waals surface area contributed by atoms with E-state index >= 15 is 0 Å². The van der Waals surface area contributed by atoms with Crippen LogP contribution in [0.3, 0.4) is 0 Å². The normalized spacial score (nSPS) is 12.5. The molecule has 3 aromatic rings. The van der Waals surface area contributed by atoms with Crippen LogP contribution in [0.2, 0.25) is 0 Å². The summed E-state index contributed by atoms with van der Waals surface area (Å²) in [4.78, 5) is 8.68. The molecule has 0 amide bonds. The molecule has 0 bridgehead atoms. The van der Waals surface area contributed by atoms with Crippen LogP contribution in [0, 0.1) is 6.92 Å². The molecule has 21 heavy (non-hydrogen) atoms. The van der Waals surface area contributed by atoms with E-state index in [4.69, 9.17) is 4.52 Å². The van der Waals surface area contributed by atoms with Crippen molar-refractivity contribution < 1.29 is 4.52 Å². The number of nitrogens with zero attached hydrogens (tertiary/aromatic N) is 3. The van der Waals surface area contributed by atoms with Crippen molar-refractivity contribution in [2.24, 2.45) is 0 Å². The minimum Gasteiger partial charge on any atom is -0.375 e. The van der Waals surface area contributed by atoms with Crippen molar-refractivity contribution in [1.29, 1.82) is 0 Å². The van der Waals surface area contributed by atoms with E-state index in [-0.39, 0.29) is 6.04 Å². The lowest BCUT2D eigenvalue weighted by Crippen LogP contribution is -2.09. The predicted molar refractivity (Wildman–Crippen MR) is 82.2 cm³/mol. The third-order valence-electron chi connectivity index (χ3n) is 3.52. The lowest BCUT2D eigenvalue weighted by molar-refractivity contribution is 0.385. The number of anilines is 1. The van der Waals surface area contributed by atoms with E-state index in [1.807, 2.05) is 19.2 Å². The zero-order chi connectivity index (χ0) is 14.8. The van der Waals surface area contributed by atoms with Gasteiger partial charge in [-0.25, -0.2) is 0 Å². The summed E-state index contributed by atoms with van der Waals surface area (Å²) in [5.41, 5.74) is 3.31. The maximum absolute atomic E-state index is 5.03. The summed E-state index contributed by atoms with van der Waals surface area (Å²) in [5.74, 6) is 1.23. The van der Waals surface area contributed by atoms with Crippen molar-refractivity contribution in [3.63, 3.8) is 0 Å². The monoisotopic (exact) mass is 282 g/mol. The number of hydrogen-bond donors (Lipinski definition) is 1. The van der Waals surface area contributed by atoms with E-state index in [1.165, 1.54) is 5.56 Å². The van der Waals surface area contributed by atoms with Gasteiger partial charge in [-0.2, -0.15) is 4.98 Å². The summed E-state index contributed by atoms with van der Waals surface area (Å²) in [5, 5.41) is 8.52. The second-order valence-corrected chi connectivity index (χ2v) is 5.10. The molecule has 0 spiro atoms. The SMILES string of the molecule is CCc1ccc2nccc(NC(C)c3noc(C)n3)c2c1. The Morgan fingerprint density at radius 3 is 2.86 bits per heavy atom. The fourth-order valence-electron chi connectivity index (χ4n) is 2.33. The van der Waals surface area contributed by atoms with Gasteiger partial charge in [0.1, 0.15) is 0 Å². The number of aromatic nitrogens is 3. The molecular weight excluding hydrogens is 264 g/mol. The highest BCUT2D eigenvalue weighted by Gasteiger charge is 2.13. The molecule has 5 heteroatoms. The first-order chi connectivity index (χ1) is 10.2. The zero-order valence-electron chi connectivity index (χ0n) is 12.4. The molecule has 0 aliphatic carbocycles. The van der Waals surface area contributed by atoms with Crippen LogP contribution in [-0.2, 0) is 6.42 Å². The molecule has 0 aliphatic heterocycles. The summed E-state index contributed by atoms with van der Waals surface area (Å²) in [6, 6.07) is 8.30. The molecule has 108 valence electrons. The van der Waals surface area contributed by atoms with Crippen LogP contribution in [0.15, 0.2) is 35.0 Å². The van der Waals surface area contributed by atoms with Gasteiger partial charge in [0.05, 0.1) is 11.6 Å². The highest BCUT2D eigenvalue weighted by molar-refractivity contribution is 5.91. The molecule has 0 saturated carbocycles. The Labute approximate surface area is 123 Å². The second-order valence-electron chi connectivity index (χ2n) is 5.10. The number of aryl methyl sites for hydroxylation is 2. The second kappa shape index (κ2) is 5.52. The van der Waals surface area contributed by atoms with Crippen LogP contribution in [0.4, 0.5) is 5.69 Å². The molecule has 5 nitrogen and oxygen atoms in total. The molecular formula is C16H18N4O. The van der Waals surface area contributed by atoms with Crippen molar-refractivity contribution in [2.75, 3.05) is 5.32 Å². The van der Waals surface area contributed by atoms with Crippen LogP contribution >= 0.6 is 0 Å². The van der Waals surface area contributed by atoms with Crippen LogP contribution in [0.25, 0.3) is 10.9 Å². The molecule has 3 rings (SSSR count). The average molecular weight is 282 g/mol. The van der Waals surface area contributed by atoms with Crippen molar-refractivity contribution in [1.82, 2.24) is 15.1 Å². The average Bonchev–Trinajstić information content (AvgIpc) is 2.94. The maximum atomic E-state index is 5.03. The smallest absolute Gasteiger partial charge is 0.223 e. The molecule has 1 aromatic carbocycles. The van der Waals surface area contributed by atoms with Gasteiger partial charge in [0, 0.05) is 24.2 Å². The Morgan fingerprint density at radius 1 is 1.29 bits per heavy atom. The summed E-state index contributed by atoms with van der Waals surface area (Å²) in [6.45, 7) is 5.95. The topological polar surface area (TPSA) is 63.8 Å². The molecule has 0 radical (unpaired) electrons. The Bertz CT molecular complexity index is 766. The van der Waals surface area contributed by atoms with E-state index in [9.17, 15) is 0 Å². The number of nitrogens with one attached hydrogen (secondary N) is 1. The fraction of sp³-hybridized carbons (Fsp3) is 0.312. The number of fused-ring (bicyclic) bond motifs is 1. The van der Waals surface area contributed by atoms with Crippen LogP contribution in [0.5, 0.6) is 0 Å². The Kier molecular flexibility index (Phi) is 3.56. The van der Waals surface area contributed by atoms with E-state index in [1.54, 1.807) is 6.92 Å². The zero-order valence-corrected chi connectivity index (χ0v) is 12.4. The number of hydrogen-bond acceptors (Lipinski definition) is 5. The van der Waals surface area contributed by atoms with Gasteiger partial charge in [0.2, 0.25) is 5.89 Å². The maximum Gasteiger partial charge on any atom is 0.223 e. The molecule has 0 saturated heterocycles. The summed E-state index contributed by atoms with van der Waals surface area (Å²) < 4.78 is 5.03. The largest absolute Gasteiger partial charge is 0.375 e. The molecule has 1 N–H and O–H groups in total. The summed E-state index contributed by atoms with van der Waals surface area (Å²) in [7, 11) is 0. The molecule has 2 aromatic heterocycles. The Balaban J connectivity index is 1.96. The summed E-state index contributed by atoms with van der Waals surface area (Å²) >= 11 is 0. The Morgan fingerprint density at radius 2 is 2.14 bits per heavy atom. The summed E-state index contributed by atoms with van der Waals surface area (Å²) in [6.07, 6.45) is 2.81. The van der Waals surface area contributed by atoms with E-state index < -0.39 is 0 Å². The van der Waals surface area contributed by atoms with Gasteiger partial charge in [0.15, 0.2) is 5.82 Å². The van der Waals surface area contributed by atoms with Crippen molar-refractivity contribution >= 4 is 16.6 Å². The minimum atomic E-state index is -0.0293. The van der Waals surface area contributed by atoms with Gasteiger partial charge >= 0.3 is 0 Å². The molecule has 0 fully saturated rings. The minimum absolute atomic E-state index is 0.0293. The fourth-order valence-corrected chi connectivity index (χ4v) is 2.33. The van der Waals surface area contributed by atoms with Gasteiger partial charge in [-0.3, -0.25) is 4.98 Å². The van der Waals surface area contributed by atoms with E-state index in [0.29, 0.717) is 11.7 Å². The quantitative estimate of drug-likeness (QED) is 0.791. The lowest BCUT2D eigenvalue weighted by atomic mass is 10.1. The third kappa shape index (κ3) is 2.72. The van der Waals surface area contributed by atoms with Gasteiger partial charge < -0.3 is 9.84 Å². The number of pyridine rings is 1. The van der Waals surface area contributed by atoms with Crippen molar-refractivity contribution in [3.05, 3.63) is 47.7 Å². The first-order valence-corrected chi connectivity index (χ1v) is 7.11. The molecule has 1 atom stereocenters. The van der Waals surface area contributed by atoms with Gasteiger partial charge in [-0.05, 0) is 37.1 Å². The van der Waals surface area contributed by atoms with E-state index in [0.717, 1.165) is 23.0 Å². The van der Waals surface area contributed by atoms with Gasteiger partial charge in [-0.1, -0.05) is 18.1 Å². The van der Waals surface area contributed by atoms with Crippen LogP contribution < -0.4 is 5.32 Å². The molecule has 0 aliphatic rings. The van der Waals surface area contributed by atoms with Crippen LogP contribution in [-0.4, -0.2) is 15.1 Å². The number of benzene rings is 1. The van der Waals surface area contributed by atoms with Crippen LogP contribution in [0.1, 0.15) is 37.2 Å². The lowest BCUT2D eigenvalue weighted by Gasteiger charge is -2.14. The van der Waals surface area contributed by atoms with Gasteiger partial charge in [0.25, 0.3) is 0 Å².